The molecule has 4 nitrogen and oxygen atoms in total. The van der Waals surface area contributed by atoms with E-state index in [9.17, 15) is 4.79 Å². The van der Waals surface area contributed by atoms with Crippen LogP contribution in [0.4, 0.5) is 0 Å². The van der Waals surface area contributed by atoms with Crippen LogP contribution in [0.15, 0.2) is 0 Å². The summed E-state index contributed by atoms with van der Waals surface area (Å²) >= 11 is 0. The highest BCUT2D eigenvalue weighted by molar-refractivity contribution is 5.76. The third kappa shape index (κ3) is 5.74. The van der Waals surface area contributed by atoms with Gasteiger partial charge in [-0.05, 0) is 33.2 Å². The monoisotopic (exact) mass is 214 g/mol. The van der Waals surface area contributed by atoms with Gasteiger partial charge in [-0.15, -0.1) is 0 Å². The standard InChI is InChI=1S/C11H22N2O2/c1-9(2)13-11(14)5-7-15-8-10-4-3-6-12-10/h9-10,12H,3-8H2,1-2H3,(H,13,14). The smallest absolute Gasteiger partial charge is 0.222 e. The molecule has 0 spiro atoms. The number of hydrogen-bond donors (Lipinski definition) is 2. The van der Waals surface area contributed by atoms with Crippen molar-refractivity contribution in [2.75, 3.05) is 19.8 Å². The maximum Gasteiger partial charge on any atom is 0.222 e. The first-order valence-corrected chi connectivity index (χ1v) is 5.79. The number of carbonyl (C=O) groups is 1. The topological polar surface area (TPSA) is 50.4 Å². The molecule has 2 N–H and O–H groups in total. The van der Waals surface area contributed by atoms with Crippen LogP contribution in [0.25, 0.3) is 0 Å². The van der Waals surface area contributed by atoms with Gasteiger partial charge >= 0.3 is 0 Å². The molecule has 1 amide bonds. The fourth-order valence-corrected chi connectivity index (χ4v) is 1.68. The molecule has 88 valence electrons. The zero-order valence-electron chi connectivity index (χ0n) is 9.71. The van der Waals surface area contributed by atoms with E-state index in [0.717, 1.165) is 13.2 Å². The Kier molecular flexibility index (Phi) is 5.65. The van der Waals surface area contributed by atoms with Gasteiger partial charge < -0.3 is 15.4 Å². The Balaban J connectivity index is 1.94. The lowest BCUT2D eigenvalue weighted by atomic mass is 10.2. The lowest BCUT2D eigenvalue weighted by Crippen LogP contribution is -2.31. The van der Waals surface area contributed by atoms with Gasteiger partial charge in [0, 0.05) is 18.5 Å². The van der Waals surface area contributed by atoms with Crippen molar-refractivity contribution in [3.05, 3.63) is 0 Å². The number of carbonyl (C=O) groups excluding carboxylic acids is 1. The summed E-state index contributed by atoms with van der Waals surface area (Å²) in [7, 11) is 0. The van der Waals surface area contributed by atoms with Crippen LogP contribution in [-0.4, -0.2) is 37.7 Å². The van der Waals surface area contributed by atoms with E-state index in [4.69, 9.17) is 4.74 Å². The van der Waals surface area contributed by atoms with Crippen molar-refractivity contribution in [3.8, 4) is 0 Å². The average molecular weight is 214 g/mol. The molecule has 15 heavy (non-hydrogen) atoms. The summed E-state index contributed by atoms with van der Waals surface area (Å²) in [5, 5.41) is 6.19. The third-order valence-corrected chi connectivity index (χ3v) is 2.40. The second-order valence-corrected chi connectivity index (χ2v) is 4.34. The molecule has 4 heteroatoms. The molecule has 1 unspecified atom stereocenters. The fraction of sp³-hybridized carbons (Fsp3) is 0.909. The highest BCUT2D eigenvalue weighted by atomic mass is 16.5. The van der Waals surface area contributed by atoms with Gasteiger partial charge in [-0.25, -0.2) is 0 Å². The van der Waals surface area contributed by atoms with Crippen molar-refractivity contribution in [3.63, 3.8) is 0 Å². The molecule has 1 aliphatic rings. The second kappa shape index (κ2) is 6.80. The summed E-state index contributed by atoms with van der Waals surface area (Å²) in [6, 6.07) is 0.715. The van der Waals surface area contributed by atoms with Crippen LogP contribution in [0, 0.1) is 0 Å². The molecular weight excluding hydrogens is 192 g/mol. The normalized spacial score (nSPS) is 20.9. The van der Waals surface area contributed by atoms with Crippen molar-refractivity contribution in [2.45, 2.75) is 45.2 Å². The van der Waals surface area contributed by atoms with Gasteiger partial charge in [0.25, 0.3) is 0 Å². The molecule has 0 aromatic rings. The van der Waals surface area contributed by atoms with Crippen molar-refractivity contribution < 1.29 is 9.53 Å². The summed E-state index contributed by atoms with van der Waals surface area (Å²) in [6.07, 6.45) is 2.89. The van der Waals surface area contributed by atoms with E-state index in [1.54, 1.807) is 0 Å². The van der Waals surface area contributed by atoms with Gasteiger partial charge in [0.2, 0.25) is 5.91 Å². The van der Waals surface area contributed by atoms with Crippen LogP contribution < -0.4 is 10.6 Å². The fourth-order valence-electron chi connectivity index (χ4n) is 1.68. The van der Waals surface area contributed by atoms with E-state index in [0.29, 0.717) is 19.1 Å². The Morgan fingerprint density at radius 1 is 1.60 bits per heavy atom. The average Bonchev–Trinajstić information content (AvgIpc) is 2.63. The Morgan fingerprint density at radius 2 is 2.40 bits per heavy atom. The molecule has 1 rings (SSSR count). The first kappa shape index (κ1) is 12.5. The molecule has 0 bridgehead atoms. The summed E-state index contributed by atoms with van der Waals surface area (Å²) in [4.78, 5) is 11.2. The van der Waals surface area contributed by atoms with Crippen molar-refractivity contribution in [1.82, 2.24) is 10.6 Å². The number of nitrogens with one attached hydrogen (secondary N) is 2. The second-order valence-electron chi connectivity index (χ2n) is 4.34. The molecule has 0 aromatic heterocycles. The first-order valence-electron chi connectivity index (χ1n) is 5.79. The molecule has 0 radical (unpaired) electrons. The van der Waals surface area contributed by atoms with Crippen molar-refractivity contribution in [1.29, 1.82) is 0 Å². The van der Waals surface area contributed by atoms with E-state index in [1.807, 2.05) is 13.8 Å². The number of amides is 1. The van der Waals surface area contributed by atoms with Crippen LogP contribution in [-0.2, 0) is 9.53 Å². The van der Waals surface area contributed by atoms with Crippen molar-refractivity contribution >= 4 is 5.91 Å². The molecule has 1 heterocycles. The van der Waals surface area contributed by atoms with Gasteiger partial charge in [0.1, 0.15) is 0 Å². The number of hydrogen-bond acceptors (Lipinski definition) is 3. The Morgan fingerprint density at radius 3 is 3.00 bits per heavy atom. The maximum absolute atomic E-state index is 11.2. The molecule has 1 aliphatic heterocycles. The quantitative estimate of drug-likeness (QED) is 0.639. The molecule has 0 aromatic carbocycles. The van der Waals surface area contributed by atoms with E-state index >= 15 is 0 Å². The Bertz CT molecular complexity index is 189. The van der Waals surface area contributed by atoms with Crippen LogP contribution in [0.2, 0.25) is 0 Å². The van der Waals surface area contributed by atoms with E-state index in [1.165, 1.54) is 12.8 Å². The van der Waals surface area contributed by atoms with Gasteiger partial charge in [0.15, 0.2) is 0 Å². The molecule has 0 saturated carbocycles. The van der Waals surface area contributed by atoms with Gasteiger partial charge in [-0.1, -0.05) is 0 Å². The van der Waals surface area contributed by atoms with Gasteiger partial charge in [-0.2, -0.15) is 0 Å². The van der Waals surface area contributed by atoms with Crippen molar-refractivity contribution in [2.24, 2.45) is 0 Å². The zero-order chi connectivity index (χ0) is 11.1. The van der Waals surface area contributed by atoms with E-state index < -0.39 is 0 Å². The number of ether oxygens (including phenoxy) is 1. The Hall–Kier alpha value is -0.610. The number of rotatable bonds is 6. The molecule has 1 saturated heterocycles. The van der Waals surface area contributed by atoms with Gasteiger partial charge in [-0.3, -0.25) is 4.79 Å². The minimum Gasteiger partial charge on any atom is -0.379 e. The molecule has 0 aliphatic carbocycles. The molecule has 1 atom stereocenters. The van der Waals surface area contributed by atoms with Crippen LogP contribution in [0.3, 0.4) is 0 Å². The lowest BCUT2D eigenvalue weighted by Gasteiger charge is -2.11. The van der Waals surface area contributed by atoms with Crippen LogP contribution in [0.5, 0.6) is 0 Å². The summed E-state index contributed by atoms with van der Waals surface area (Å²) < 4.78 is 5.45. The zero-order valence-corrected chi connectivity index (χ0v) is 9.71. The first-order chi connectivity index (χ1) is 7.18. The predicted molar refractivity (Wildman–Crippen MR) is 59.7 cm³/mol. The van der Waals surface area contributed by atoms with Crippen LogP contribution >= 0.6 is 0 Å². The minimum atomic E-state index is 0.0735. The summed E-state index contributed by atoms with van der Waals surface area (Å²) in [5.74, 6) is 0.0735. The van der Waals surface area contributed by atoms with Crippen LogP contribution in [0.1, 0.15) is 33.1 Å². The maximum atomic E-state index is 11.2. The van der Waals surface area contributed by atoms with E-state index in [-0.39, 0.29) is 11.9 Å². The van der Waals surface area contributed by atoms with Gasteiger partial charge in [0.05, 0.1) is 13.2 Å². The summed E-state index contributed by atoms with van der Waals surface area (Å²) in [5.41, 5.74) is 0. The molecular formula is C11H22N2O2. The van der Waals surface area contributed by atoms with E-state index in [2.05, 4.69) is 10.6 Å². The third-order valence-electron chi connectivity index (χ3n) is 2.40. The SMILES string of the molecule is CC(C)NC(=O)CCOCC1CCCN1. The lowest BCUT2D eigenvalue weighted by molar-refractivity contribution is -0.122. The predicted octanol–water partition coefficient (Wildman–Crippen LogP) is 0.670. The minimum absolute atomic E-state index is 0.0735. The highest BCUT2D eigenvalue weighted by Gasteiger charge is 2.13. The molecule has 1 fully saturated rings. The largest absolute Gasteiger partial charge is 0.379 e. The Labute approximate surface area is 91.8 Å². The highest BCUT2D eigenvalue weighted by Crippen LogP contribution is 2.04. The summed E-state index contributed by atoms with van der Waals surface area (Å²) in [6.45, 7) is 6.27.